The molecule has 1 fully saturated rings. The summed E-state index contributed by atoms with van der Waals surface area (Å²) < 4.78 is 5.57. The molecule has 1 aliphatic heterocycles. The van der Waals surface area contributed by atoms with Crippen LogP contribution in [0.3, 0.4) is 0 Å². The SMILES string of the molecule is CNC(C)c1ccc(N2CCC(OCCO)CC2)cc1O. The molecule has 0 amide bonds. The number of nitrogens with zero attached hydrogens (tertiary/aromatic N) is 1. The smallest absolute Gasteiger partial charge is 0.122 e. The van der Waals surface area contributed by atoms with Crippen molar-refractivity contribution in [3.63, 3.8) is 0 Å². The molecule has 1 heterocycles. The van der Waals surface area contributed by atoms with Crippen LogP contribution in [0.25, 0.3) is 0 Å². The van der Waals surface area contributed by atoms with E-state index in [0.29, 0.717) is 12.4 Å². The lowest BCUT2D eigenvalue weighted by Crippen LogP contribution is -2.37. The second kappa shape index (κ2) is 7.64. The molecule has 1 saturated heterocycles. The fourth-order valence-electron chi connectivity index (χ4n) is 2.75. The minimum Gasteiger partial charge on any atom is -0.508 e. The summed E-state index contributed by atoms with van der Waals surface area (Å²) in [4.78, 5) is 2.27. The number of rotatable bonds is 6. The second-order valence-corrected chi connectivity index (χ2v) is 5.53. The second-order valence-electron chi connectivity index (χ2n) is 5.53. The predicted molar refractivity (Wildman–Crippen MR) is 83.9 cm³/mol. The highest BCUT2D eigenvalue weighted by Crippen LogP contribution is 2.30. The van der Waals surface area contributed by atoms with Crippen LogP contribution in [0.1, 0.15) is 31.4 Å². The van der Waals surface area contributed by atoms with E-state index in [4.69, 9.17) is 9.84 Å². The topological polar surface area (TPSA) is 65.0 Å². The van der Waals surface area contributed by atoms with Crippen molar-refractivity contribution < 1.29 is 14.9 Å². The molecule has 0 aromatic heterocycles. The Balaban J connectivity index is 1.96. The van der Waals surface area contributed by atoms with Crippen LogP contribution >= 0.6 is 0 Å². The Morgan fingerprint density at radius 1 is 1.38 bits per heavy atom. The van der Waals surface area contributed by atoms with E-state index in [2.05, 4.69) is 16.3 Å². The minimum atomic E-state index is 0.0825. The molecule has 0 aliphatic carbocycles. The molecule has 1 aromatic rings. The number of aliphatic hydroxyl groups is 1. The monoisotopic (exact) mass is 294 g/mol. The summed E-state index contributed by atoms with van der Waals surface area (Å²) in [5.74, 6) is 0.341. The predicted octanol–water partition coefficient (Wildman–Crippen LogP) is 1.65. The number of aromatic hydroxyl groups is 1. The van der Waals surface area contributed by atoms with Gasteiger partial charge in [0.15, 0.2) is 0 Å². The Morgan fingerprint density at radius 2 is 2.10 bits per heavy atom. The molecular weight excluding hydrogens is 268 g/mol. The first-order chi connectivity index (χ1) is 10.2. The van der Waals surface area contributed by atoms with Crippen LogP contribution < -0.4 is 10.2 Å². The largest absolute Gasteiger partial charge is 0.508 e. The van der Waals surface area contributed by atoms with Gasteiger partial charge in [-0.1, -0.05) is 6.07 Å². The van der Waals surface area contributed by atoms with Crippen LogP contribution in [-0.4, -0.2) is 49.7 Å². The van der Waals surface area contributed by atoms with Crippen molar-refractivity contribution in [1.29, 1.82) is 0 Å². The van der Waals surface area contributed by atoms with E-state index in [1.807, 2.05) is 26.1 Å². The number of hydrogen-bond acceptors (Lipinski definition) is 5. The number of hydrogen-bond donors (Lipinski definition) is 3. The summed E-state index contributed by atoms with van der Waals surface area (Å²) in [5, 5.41) is 22.1. The number of aliphatic hydroxyl groups excluding tert-OH is 1. The molecule has 0 saturated carbocycles. The fraction of sp³-hybridized carbons (Fsp3) is 0.625. The zero-order valence-corrected chi connectivity index (χ0v) is 12.9. The van der Waals surface area contributed by atoms with Gasteiger partial charge in [-0.2, -0.15) is 0 Å². The lowest BCUT2D eigenvalue weighted by atomic mass is 10.0. The molecule has 1 atom stereocenters. The highest BCUT2D eigenvalue weighted by atomic mass is 16.5. The molecule has 0 spiro atoms. The van der Waals surface area contributed by atoms with Crippen molar-refractivity contribution in [2.75, 3.05) is 38.3 Å². The van der Waals surface area contributed by atoms with Gasteiger partial charge in [-0.25, -0.2) is 0 Å². The third kappa shape index (κ3) is 4.09. The summed E-state index contributed by atoms with van der Waals surface area (Å²) in [6.45, 7) is 4.35. The first-order valence-corrected chi connectivity index (χ1v) is 7.63. The fourth-order valence-corrected chi connectivity index (χ4v) is 2.75. The van der Waals surface area contributed by atoms with Crippen LogP contribution in [0, 0.1) is 0 Å². The average molecular weight is 294 g/mol. The molecule has 5 nitrogen and oxygen atoms in total. The van der Waals surface area contributed by atoms with E-state index < -0.39 is 0 Å². The number of piperidine rings is 1. The Bertz CT molecular complexity index is 445. The third-order valence-corrected chi connectivity index (χ3v) is 4.17. The quantitative estimate of drug-likeness (QED) is 0.744. The van der Waals surface area contributed by atoms with Gasteiger partial charge < -0.3 is 25.2 Å². The van der Waals surface area contributed by atoms with E-state index in [1.54, 1.807) is 0 Å². The van der Waals surface area contributed by atoms with Gasteiger partial charge in [0.05, 0.1) is 19.3 Å². The Labute approximate surface area is 126 Å². The highest BCUT2D eigenvalue weighted by Gasteiger charge is 2.20. The summed E-state index contributed by atoms with van der Waals surface area (Å²) in [6.07, 6.45) is 2.15. The maximum Gasteiger partial charge on any atom is 0.122 e. The minimum absolute atomic E-state index is 0.0825. The number of benzene rings is 1. The number of phenolic OH excluding ortho intramolecular Hbond substituents is 1. The zero-order chi connectivity index (χ0) is 15.2. The lowest BCUT2D eigenvalue weighted by Gasteiger charge is -2.33. The molecule has 0 bridgehead atoms. The first-order valence-electron chi connectivity index (χ1n) is 7.63. The number of phenols is 1. The molecular formula is C16H26N2O3. The molecule has 3 N–H and O–H groups in total. The van der Waals surface area contributed by atoms with Gasteiger partial charge in [0.2, 0.25) is 0 Å². The molecule has 1 aromatic carbocycles. The molecule has 2 rings (SSSR count). The molecule has 5 heteroatoms. The highest BCUT2D eigenvalue weighted by molar-refractivity contribution is 5.54. The zero-order valence-electron chi connectivity index (χ0n) is 12.9. The van der Waals surface area contributed by atoms with Crippen molar-refractivity contribution in [2.45, 2.75) is 31.9 Å². The average Bonchev–Trinajstić information content (AvgIpc) is 2.52. The summed E-state index contributed by atoms with van der Waals surface area (Å²) in [5.41, 5.74) is 1.97. The molecule has 118 valence electrons. The standard InChI is InChI=1S/C16H26N2O3/c1-12(17-2)15-4-3-13(11-16(15)20)18-7-5-14(6-8-18)21-10-9-19/h3-4,11-12,14,17,19-20H,5-10H2,1-2H3. The van der Waals surface area contributed by atoms with Crippen LogP contribution in [0.5, 0.6) is 5.75 Å². The van der Waals surface area contributed by atoms with E-state index in [9.17, 15) is 5.11 Å². The lowest BCUT2D eigenvalue weighted by molar-refractivity contribution is 0.0159. The first kappa shape index (κ1) is 16.1. The van der Waals surface area contributed by atoms with Crippen LogP contribution in [-0.2, 0) is 4.74 Å². The molecule has 1 aliphatic rings. The van der Waals surface area contributed by atoms with Gasteiger partial charge in [-0.05, 0) is 32.9 Å². The number of nitrogens with one attached hydrogen (secondary N) is 1. The van der Waals surface area contributed by atoms with Crippen molar-refractivity contribution in [2.24, 2.45) is 0 Å². The van der Waals surface area contributed by atoms with Crippen LogP contribution in [0.4, 0.5) is 5.69 Å². The Kier molecular flexibility index (Phi) is 5.85. The normalized spacial score (nSPS) is 18.0. The van der Waals surface area contributed by atoms with Gasteiger partial charge in [0, 0.05) is 36.4 Å². The Morgan fingerprint density at radius 3 is 2.67 bits per heavy atom. The molecule has 1 unspecified atom stereocenters. The summed E-state index contributed by atoms with van der Waals surface area (Å²) in [6, 6.07) is 6.03. The molecule has 21 heavy (non-hydrogen) atoms. The molecule has 0 radical (unpaired) electrons. The summed E-state index contributed by atoms with van der Waals surface area (Å²) in [7, 11) is 1.88. The van der Waals surface area contributed by atoms with E-state index >= 15 is 0 Å². The van der Waals surface area contributed by atoms with Crippen LogP contribution in [0.2, 0.25) is 0 Å². The van der Waals surface area contributed by atoms with Crippen molar-refractivity contribution in [1.82, 2.24) is 5.32 Å². The van der Waals surface area contributed by atoms with Crippen LogP contribution in [0.15, 0.2) is 18.2 Å². The number of ether oxygens (including phenoxy) is 1. The van der Waals surface area contributed by atoms with E-state index in [1.165, 1.54) is 0 Å². The van der Waals surface area contributed by atoms with Gasteiger partial charge in [-0.15, -0.1) is 0 Å². The van der Waals surface area contributed by atoms with Crippen molar-refractivity contribution in [3.8, 4) is 5.75 Å². The number of anilines is 1. The Hall–Kier alpha value is -1.30. The van der Waals surface area contributed by atoms with Gasteiger partial charge in [0.25, 0.3) is 0 Å². The van der Waals surface area contributed by atoms with Gasteiger partial charge in [0.1, 0.15) is 5.75 Å². The van der Waals surface area contributed by atoms with E-state index in [-0.39, 0.29) is 18.8 Å². The van der Waals surface area contributed by atoms with E-state index in [0.717, 1.165) is 37.2 Å². The third-order valence-electron chi connectivity index (χ3n) is 4.17. The maximum atomic E-state index is 10.2. The summed E-state index contributed by atoms with van der Waals surface area (Å²) >= 11 is 0. The maximum absolute atomic E-state index is 10.2. The van der Waals surface area contributed by atoms with Gasteiger partial charge in [-0.3, -0.25) is 0 Å². The van der Waals surface area contributed by atoms with Crippen molar-refractivity contribution in [3.05, 3.63) is 23.8 Å². The van der Waals surface area contributed by atoms with Gasteiger partial charge >= 0.3 is 0 Å². The van der Waals surface area contributed by atoms with Crippen molar-refractivity contribution >= 4 is 5.69 Å².